The number of benzene rings is 1. The molecule has 0 saturated heterocycles. The molecule has 1 aromatic heterocycles. The average Bonchev–Trinajstić information content (AvgIpc) is 2.92. The van der Waals surface area contributed by atoms with Gasteiger partial charge in [-0.05, 0) is 24.7 Å². The van der Waals surface area contributed by atoms with Crippen LogP contribution in [0.3, 0.4) is 0 Å². The van der Waals surface area contributed by atoms with E-state index in [1.165, 1.54) is 10.6 Å². The van der Waals surface area contributed by atoms with Crippen molar-refractivity contribution in [1.82, 2.24) is 9.88 Å². The van der Waals surface area contributed by atoms with Crippen LogP contribution < -0.4 is 4.74 Å². The van der Waals surface area contributed by atoms with Crippen LogP contribution >= 0.6 is 11.3 Å². The van der Waals surface area contributed by atoms with E-state index in [4.69, 9.17) is 4.74 Å². The summed E-state index contributed by atoms with van der Waals surface area (Å²) in [5.74, 6) is 1.38. The van der Waals surface area contributed by atoms with E-state index < -0.39 is 0 Å². The van der Waals surface area contributed by atoms with Crippen molar-refractivity contribution in [1.29, 1.82) is 0 Å². The zero-order valence-electron chi connectivity index (χ0n) is 11.7. The van der Waals surface area contributed by atoms with Crippen molar-refractivity contribution < 1.29 is 4.74 Å². The Morgan fingerprint density at radius 2 is 2.26 bits per heavy atom. The van der Waals surface area contributed by atoms with Crippen molar-refractivity contribution in [2.75, 3.05) is 20.7 Å². The molecule has 0 amide bonds. The Labute approximate surface area is 118 Å². The van der Waals surface area contributed by atoms with Crippen LogP contribution in [-0.2, 0) is 6.54 Å². The lowest BCUT2D eigenvalue weighted by atomic mass is 10.1. The maximum Gasteiger partial charge on any atom is 0.119 e. The molecule has 0 saturated carbocycles. The smallest absolute Gasteiger partial charge is 0.119 e. The van der Waals surface area contributed by atoms with Gasteiger partial charge in [0, 0.05) is 30.6 Å². The molecule has 4 heteroatoms. The molecule has 0 aliphatic heterocycles. The first-order chi connectivity index (χ1) is 9.19. The minimum atomic E-state index is 0.468. The molecule has 0 radical (unpaired) electrons. The molecule has 0 unspecified atom stereocenters. The minimum Gasteiger partial charge on any atom is -0.497 e. The lowest BCUT2D eigenvalue weighted by molar-refractivity contribution is 0.308. The summed E-state index contributed by atoms with van der Waals surface area (Å²) in [6.07, 6.45) is 1.87. The Morgan fingerprint density at radius 3 is 2.95 bits per heavy atom. The van der Waals surface area contributed by atoms with E-state index in [-0.39, 0.29) is 0 Å². The standard InChI is InChI=1S/C15H20N2OS/c1-12(15-16-7-8-19-15)10-17(2)11-13-5-4-6-14(9-13)18-3/h4-9,12H,10-11H2,1-3H3/t12-/m0/s1. The zero-order chi connectivity index (χ0) is 13.7. The maximum atomic E-state index is 5.25. The molecule has 0 aliphatic rings. The van der Waals surface area contributed by atoms with E-state index in [1.54, 1.807) is 18.4 Å². The molecule has 102 valence electrons. The highest BCUT2D eigenvalue weighted by Gasteiger charge is 2.11. The van der Waals surface area contributed by atoms with Crippen molar-refractivity contribution in [2.24, 2.45) is 0 Å². The molecule has 19 heavy (non-hydrogen) atoms. The fourth-order valence-corrected chi connectivity index (χ4v) is 2.86. The Hall–Kier alpha value is -1.39. The quantitative estimate of drug-likeness (QED) is 0.808. The summed E-state index contributed by atoms with van der Waals surface area (Å²) in [7, 11) is 3.84. The summed E-state index contributed by atoms with van der Waals surface area (Å²) in [6.45, 7) is 4.15. The highest BCUT2D eigenvalue weighted by molar-refractivity contribution is 7.09. The van der Waals surface area contributed by atoms with Crippen LogP contribution in [0.25, 0.3) is 0 Å². The van der Waals surface area contributed by atoms with Crippen molar-refractivity contribution in [3.8, 4) is 5.75 Å². The second-order valence-electron chi connectivity index (χ2n) is 4.82. The monoisotopic (exact) mass is 276 g/mol. The van der Waals surface area contributed by atoms with Gasteiger partial charge in [-0.1, -0.05) is 19.1 Å². The number of hydrogen-bond acceptors (Lipinski definition) is 4. The fraction of sp³-hybridized carbons (Fsp3) is 0.400. The van der Waals surface area contributed by atoms with Gasteiger partial charge in [-0.2, -0.15) is 0 Å². The number of thiazole rings is 1. The summed E-state index contributed by atoms with van der Waals surface area (Å²) >= 11 is 1.73. The molecular weight excluding hydrogens is 256 g/mol. The number of likely N-dealkylation sites (N-methyl/N-ethyl adjacent to an activating group) is 1. The Balaban J connectivity index is 1.91. The molecule has 0 fully saturated rings. The van der Waals surface area contributed by atoms with Crippen LogP contribution in [0.2, 0.25) is 0 Å². The Bertz CT molecular complexity index is 499. The van der Waals surface area contributed by atoms with Crippen LogP contribution in [-0.4, -0.2) is 30.6 Å². The Kier molecular flexibility index (Phi) is 4.93. The van der Waals surface area contributed by atoms with Gasteiger partial charge in [-0.3, -0.25) is 0 Å². The summed E-state index contributed by atoms with van der Waals surface area (Å²) < 4.78 is 5.25. The normalized spacial score (nSPS) is 12.6. The van der Waals surface area contributed by atoms with Gasteiger partial charge in [-0.15, -0.1) is 11.3 Å². The number of hydrogen-bond donors (Lipinski definition) is 0. The van der Waals surface area contributed by atoms with Gasteiger partial charge in [0.25, 0.3) is 0 Å². The molecule has 0 N–H and O–H groups in total. The molecule has 3 nitrogen and oxygen atoms in total. The van der Waals surface area contributed by atoms with Gasteiger partial charge in [0.2, 0.25) is 0 Å². The van der Waals surface area contributed by atoms with Crippen molar-refractivity contribution in [3.63, 3.8) is 0 Å². The molecule has 2 aromatic rings. The van der Waals surface area contributed by atoms with Gasteiger partial charge in [0.05, 0.1) is 12.1 Å². The first kappa shape index (κ1) is 14.0. The summed E-state index contributed by atoms with van der Waals surface area (Å²) in [5.41, 5.74) is 1.27. The predicted molar refractivity (Wildman–Crippen MR) is 79.9 cm³/mol. The van der Waals surface area contributed by atoms with Gasteiger partial charge in [-0.25, -0.2) is 4.98 Å². The highest BCUT2D eigenvalue weighted by atomic mass is 32.1. The molecule has 0 spiro atoms. The number of methoxy groups -OCH3 is 1. The topological polar surface area (TPSA) is 25.4 Å². The fourth-order valence-electron chi connectivity index (χ4n) is 2.17. The molecule has 1 atom stereocenters. The summed E-state index contributed by atoms with van der Waals surface area (Å²) in [4.78, 5) is 6.70. The van der Waals surface area contributed by atoms with Crippen LogP contribution in [0.15, 0.2) is 35.8 Å². The van der Waals surface area contributed by atoms with E-state index in [2.05, 4.69) is 36.0 Å². The van der Waals surface area contributed by atoms with Gasteiger partial charge in [0.15, 0.2) is 0 Å². The van der Waals surface area contributed by atoms with Crippen LogP contribution in [0, 0.1) is 0 Å². The molecule has 1 aromatic carbocycles. The molecule has 0 bridgehead atoms. The first-order valence-corrected chi connectivity index (χ1v) is 7.28. The first-order valence-electron chi connectivity index (χ1n) is 6.40. The van der Waals surface area contributed by atoms with E-state index in [9.17, 15) is 0 Å². The third-order valence-corrected chi connectivity index (χ3v) is 4.05. The lowest BCUT2D eigenvalue weighted by Crippen LogP contribution is -2.23. The van der Waals surface area contributed by atoms with Crippen LogP contribution in [0.5, 0.6) is 5.75 Å². The van der Waals surface area contributed by atoms with Crippen LogP contribution in [0.4, 0.5) is 0 Å². The van der Waals surface area contributed by atoms with Gasteiger partial charge >= 0.3 is 0 Å². The second kappa shape index (κ2) is 6.68. The Morgan fingerprint density at radius 1 is 1.42 bits per heavy atom. The largest absolute Gasteiger partial charge is 0.497 e. The number of ether oxygens (including phenoxy) is 1. The van der Waals surface area contributed by atoms with Crippen LogP contribution in [0.1, 0.15) is 23.4 Å². The van der Waals surface area contributed by atoms with E-state index in [0.717, 1.165) is 18.8 Å². The summed E-state index contributed by atoms with van der Waals surface area (Å²) in [6, 6.07) is 8.23. The summed E-state index contributed by atoms with van der Waals surface area (Å²) in [5, 5.41) is 3.24. The molecule has 2 rings (SSSR count). The SMILES string of the molecule is COc1cccc(CN(C)C[C@H](C)c2nccs2)c1. The van der Waals surface area contributed by atoms with E-state index >= 15 is 0 Å². The van der Waals surface area contributed by atoms with Gasteiger partial charge in [0.1, 0.15) is 5.75 Å². The third-order valence-electron chi connectivity index (χ3n) is 3.05. The maximum absolute atomic E-state index is 5.25. The highest BCUT2D eigenvalue weighted by Crippen LogP contribution is 2.20. The zero-order valence-corrected chi connectivity index (χ0v) is 12.5. The second-order valence-corrected chi connectivity index (χ2v) is 5.75. The van der Waals surface area contributed by atoms with Gasteiger partial charge < -0.3 is 9.64 Å². The predicted octanol–water partition coefficient (Wildman–Crippen LogP) is 3.39. The number of nitrogens with zero attached hydrogens (tertiary/aromatic N) is 2. The molecule has 0 aliphatic carbocycles. The van der Waals surface area contributed by atoms with E-state index in [1.807, 2.05) is 23.7 Å². The number of aromatic nitrogens is 1. The third kappa shape index (κ3) is 4.04. The van der Waals surface area contributed by atoms with Crippen molar-refractivity contribution in [3.05, 3.63) is 46.4 Å². The lowest BCUT2D eigenvalue weighted by Gasteiger charge is -2.20. The average molecular weight is 276 g/mol. The minimum absolute atomic E-state index is 0.468. The number of rotatable bonds is 6. The van der Waals surface area contributed by atoms with E-state index in [0.29, 0.717) is 5.92 Å². The van der Waals surface area contributed by atoms with Crippen molar-refractivity contribution in [2.45, 2.75) is 19.4 Å². The molecule has 1 heterocycles. The van der Waals surface area contributed by atoms with Crippen molar-refractivity contribution >= 4 is 11.3 Å². The molecular formula is C15H20N2OS.